The molecule has 0 saturated carbocycles. The maximum absolute atomic E-state index is 3.55. The van der Waals surface area contributed by atoms with Crippen molar-refractivity contribution >= 4 is 28.0 Å². The molecular weight excluding hydrogens is 208 g/mol. The topological polar surface area (TPSA) is 19.7 Å². The molecular formula is C15H13N2+. The first-order valence-corrected chi connectivity index (χ1v) is 6.03. The average Bonchev–Trinajstić information content (AvgIpc) is 2.78. The third kappa shape index (κ3) is 1.18. The second-order valence-corrected chi connectivity index (χ2v) is 4.55. The summed E-state index contributed by atoms with van der Waals surface area (Å²) in [5, 5.41) is 2.66. The number of rotatable bonds is 0. The molecule has 1 aliphatic rings. The van der Waals surface area contributed by atoms with E-state index in [1.807, 2.05) is 0 Å². The van der Waals surface area contributed by atoms with Crippen LogP contribution < -0.4 is 4.57 Å². The van der Waals surface area contributed by atoms with Crippen molar-refractivity contribution in [3.63, 3.8) is 0 Å². The van der Waals surface area contributed by atoms with Gasteiger partial charge in [-0.25, -0.2) is 0 Å². The Balaban J connectivity index is 2.21. The van der Waals surface area contributed by atoms with Gasteiger partial charge in [-0.2, -0.15) is 4.57 Å². The molecule has 0 unspecified atom stereocenters. The highest BCUT2D eigenvalue weighted by molar-refractivity contribution is 6.07. The number of nitrogens with zero attached hydrogens (tertiary/aromatic N) is 1. The van der Waals surface area contributed by atoms with Gasteiger partial charge in [0, 0.05) is 28.8 Å². The van der Waals surface area contributed by atoms with Crippen LogP contribution in [0.2, 0.25) is 0 Å². The SMILES string of the molecule is C1=C[n+]2ccc3c([nH]c4ccccc43)c2CC1. The van der Waals surface area contributed by atoms with Crippen molar-refractivity contribution in [3.05, 3.63) is 48.3 Å². The number of allylic oxidation sites excluding steroid dienone is 1. The molecule has 4 rings (SSSR count). The van der Waals surface area contributed by atoms with Crippen LogP contribution in [0.3, 0.4) is 0 Å². The monoisotopic (exact) mass is 221 g/mol. The Labute approximate surface area is 99.2 Å². The molecule has 0 saturated heterocycles. The molecule has 1 N–H and O–H groups in total. The normalized spacial score (nSPS) is 14.4. The van der Waals surface area contributed by atoms with Crippen LogP contribution >= 0.6 is 0 Å². The summed E-state index contributed by atoms with van der Waals surface area (Å²) in [5.74, 6) is 0. The van der Waals surface area contributed by atoms with Crippen LogP contribution in [0.25, 0.3) is 28.0 Å². The van der Waals surface area contributed by atoms with Crippen molar-refractivity contribution in [1.29, 1.82) is 0 Å². The van der Waals surface area contributed by atoms with Gasteiger partial charge in [-0.15, -0.1) is 0 Å². The number of benzene rings is 1. The van der Waals surface area contributed by atoms with E-state index in [1.165, 1.54) is 27.5 Å². The smallest absolute Gasteiger partial charge is 0.211 e. The summed E-state index contributed by atoms with van der Waals surface area (Å²) in [7, 11) is 0. The third-order valence-corrected chi connectivity index (χ3v) is 3.56. The highest BCUT2D eigenvalue weighted by Crippen LogP contribution is 2.27. The quantitative estimate of drug-likeness (QED) is 0.563. The lowest BCUT2D eigenvalue weighted by Gasteiger charge is -2.04. The van der Waals surface area contributed by atoms with Crippen LogP contribution in [-0.2, 0) is 6.42 Å². The van der Waals surface area contributed by atoms with Gasteiger partial charge in [0.15, 0.2) is 12.4 Å². The van der Waals surface area contributed by atoms with E-state index >= 15 is 0 Å². The summed E-state index contributed by atoms with van der Waals surface area (Å²) < 4.78 is 2.22. The first-order valence-electron chi connectivity index (χ1n) is 6.03. The maximum atomic E-state index is 3.55. The van der Waals surface area contributed by atoms with Gasteiger partial charge in [0.25, 0.3) is 0 Å². The van der Waals surface area contributed by atoms with Gasteiger partial charge in [0.2, 0.25) is 5.69 Å². The molecule has 0 atom stereocenters. The number of nitrogens with one attached hydrogen (secondary N) is 1. The zero-order chi connectivity index (χ0) is 11.2. The standard InChI is InChI=1S/C15H12N2/c1-2-6-13-11(5-1)12-8-10-17-9-4-3-7-14(17)15(12)16-13/h1-2,4-6,8-10H,3,7H2/p+1. The Morgan fingerprint density at radius 2 is 2.00 bits per heavy atom. The molecule has 2 aromatic heterocycles. The first kappa shape index (κ1) is 8.99. The molecule has 17 heavy (non-hydrogen) atoms. The van der Waals surface area contributed by atoms with Gasteiger partial charge >= 0.3 is 0 Å². The van der Waals surface area contributed by atoms with Gasteiger partial charge in [0.1, 0.15) is 5.52 Å². The van der Waals surface area contributed by atoms with Crippen molar-refractivity contribution in [2.75, 3.05) is 0 Å². The highest BCUT2D eigenvalue weighted by Gasteiger charge is 2.18. The van der Waals surface area contributed by atoms with E-state index in [2.05, 4.69) is 58.4 Å². The van der Waals surface area contributed by atoms with Crippen molar-refractivity contribution in [2.45, 2.75) is 12.8 Å². The van der Waals surface area contributed by atoms with E-state index in [0.29, 0.717) is 0 Å². The van der Waals surface area contributed by atoms with Crippen LogP contribution in [0, 0.1) is 0 Å². The fraction of sp³-hybridized carbons (Fsp3) is 0.133. The minimum absolute atomic E-state index is 1.11. The molecule has 82 valence electrons. The van der Waals surface area contributed by atoms with E-state index in [4.69, 9.17) is 0 Å². The van der Waals surface area contributed by atoms with Crippen molar-refractivity contribution in [1.82, 2.24) is 4.98 Å². The van der Waals surface area contributed by atoms with Gasteiger partial charge in [-0.05, 0) is 18.6 Å². The lowest BCUT2D eigenvalue weighted by Crippen LogP contribution is -2.33. The van der Waals surface area contributed by atoms with Crippen LogP contribution in [-0.4, -0.2) is 4.98 Å². The summed E-state index contributed by atoms with van der Waals surface area (Å²) >= 11 is 0. The maximum Gasteiger partial charge on any atom is 0.211 e. The second kappa shape index (κ2) is 3.20. The Bertz CT molecular complexity index is 750. The molecule has 0 bridgehead atoms. The fourth-order valence-corrected chi connectivity index (χ4v) is 2.74. The Kier molecular flexibility index (Phi) is 1.69. The lowest BCUT2D eigenvalue weighted by atomic mass is 10.1. The van der Waals surface area contributed by atoms with E-state index in [0.717, 1.165) is 12.8 Å². The number of fused-ring (bicyclic) bond motifs is 5. The number of para-hydroxylation sites is 1. The van der Waals surface area contributed by atoms with Crippen LogP contribution in [0.15, 0.2) is 42.6 Å². The van der Waals surface area contributed by atoms with E-state index in [1.54, 1.807) is 0 Å². The van der Waals surface area contributed by atoms with Crippen molar-refractivity contribution in [2.24, 2.45) is 0 Å². The van der Waals surface area contributed by atoms with Crippen molar-refractivity contribution < 1.29 is 4.57 Å². The molecule has 0 aliphatic carbocycles. The third-order valence-electron chi connectivity index (χ3n) is 3.56. The van der Waals surface area contributed by atoms with Crippen LogP contribution in [0.5, 0.6) is 0 Å². The molecule has 0 fully saturated rings. The number of H-pyrrole nitrogens is 1. The summed E-state index contributed by atoms with van der Waals surface area (Å²) in [6, 6.07) is 10.7. The number of aryl methyl sites for hydroxylation is 1. The molecule has 2 heteroatoms. The van der Waals surface area contributed by atoms with E-state index in [9.17, 15) is 0 Å². The Morgan fingerprint density at radius 1 is 1.06 bits per heavy atom. The molecule has 0 radical (unpaired) electrons. The van der Waals surface area contributed by atoms with Gasteiger partial charge in [0.05, 0.1) is 0 Å². The Hall–Kier alpha value is -2.09. The summed E-state index contributed by atoms with van der Waals surface area (Å²) in [6.07, 6.45) is 8.79. The number of hydrogen-bond acceptors (Lipinski definition) is 0. The first-order chi connectivity index (χ1) is 8.43. The van der Waals surface area contributed by atoms with E-state index in [-0.39, 0.29) is 0 Å². The highest BCUT2D eigenvalue weighted by atomic mass is 15.0. The average molecular weight is 221 g/mol. The molecule has 3 heterocycles. The van der Waals surface area contributed by atoms with Gasteiger partial charge < -0.3 is 4.98 Å². The zero-order valence-corrected chi connectivity index (χ0v) is 9.48. The lowest BCUT2D eigenvalue weighted by molar-refractivity contribution is -0.577. The predicted octanol–water partition coefficient (Wildman–Crippen LogP) is 3.03. The number of pyridine rings is 1. The van der Waals surface area contributed by atoms with Gasteiger partial charge in [-0.3, -0.25) is 0 Å². The summed E-state index contributed by atoms with van der Waals surface area (Å²) in [5.41, 5.74) is 3.91. The molecule has 3 aromatic rings. The second-order valence-electron chi connectivity index (χ2n) is 4.55. The van der Waals surface area contributed by atoms with Crippen molar-refractivity contribution in [3.8, 4) is 0 Å². The Morgan fingerprint density at radius 3 is 3.00 bits per heavy atom. The molecule has 1 aromatic carbocycles. The predicted molar refractivity (Wildman–Crippen MR) is 69.7 cm³/mol. The zero-order valence-electron chi connectivity index (χ0n) is 9.48. The van der Waals surface area contributed by atoms with Crippen LogP contribution in [0.1, 0.15) is 12.1 Å². The molecule has 0 amide bonds. The summed E-state index contributed by atoms with van der Waals surface area (Å²) in [6.45, 7) is 0. The number of aromatic amines is 1. The number of hydrogen-bond donors (Lipinski definition) is 1. The fourth-order valence-electron chi connectivity index (χ4n) is 2.74. The van der Waals surface area contributed by atoms with E-state index < -0.39 is 0 Å². The summed E-state index contributed by atoms with van der Waals surface area (Å²) in [4.78, 5) is 3.55. The largest absolute Gasteiger partial charge is 0.349 e. The minimum Gasteiger partial charge on any atom is -0.349 e. The van der Waals surface area contributed by atoms with Crippen LogP contribution in [0.4, 0.5) is 0 Å². The minimum atomic E-state index is 1.11. The molecule has 1 aliphatic heterocycles. The molecule has 2 nitrogen and oxygen atoms in total. The van der Waals surface area contributed by atoms with Gasteiger partial charge in [-0.1, -0.05) is 18.2 Å². The molecule has 0 spiro atoms. The number of aromatic nitrogens is 2.